The monoisotopic (exact) mass is 340 g/mol. The zero-order valence-corrected chi connectivity index (χ0v) is 13.0. The Balaban J connectivity index is 2.05. The number of carbonyl (C=O) groups is 2. The normalized spacial score (nSPS) is 15.3. The summed E-state index contributed by atoms with van der Waals surface area (Å²) in [6.07, 6.45) is 2.60. The van der Waals surface area contributed by atoms with Gasteiger partial charge in [0.1, 0.15) is 0 Å². The first-order chi connectivity index (χ1) is 11.4. The predicted octanol–water partition coefficient (Wildman–Crippen LogP) is 0.981. The second-order valence-corrected chi connectivity index (χ2v) is 6.61. The van der Waals surface area contributed by atoms with Gasteiger partial charge in [0.25, 0.3) is 10.0 Å². The molecule has 1 aliphatic carbocycles. The molecule has 0 saturated heterocycles. The Bertz CT molecular complexity index is 1000. The van der Waals surface area contributed by atoms with E-state index in [9.17, 15) is 23.1 Å². The predicted molar refractivity (Wildman–Crippen MR) is 84.4 cm³/mol. The van der Waals surface area contributed by atoms with Gasteiger partial charge in [0, 0.05) is 11.1 Å². The summed E-state index contributed by atoms with van der Waals surface area (Å²) in [5, 5.41) is 10.7. The summed E-state index contributed by atoms with van der Waals surface area (Å²) in [4.78, 5) is 22.4. The molecule has 120 valence electrons. The molecule has 0 aromatic heterocycles. The Labute approximate surface area is 137 Å². The quantitative estimate of drug-likeness (QED) is 0.828. The highest BCUT2D eigenvalue weighted by atomic mass is 32.2. The van der Waals surface area contributed by atoms with Crippen LogP contribution in [0.5, 0.6) is 0 Å². The van der Waals surface area contributed by atoms with Crippen molar-refractivity contribution in [1.82, 2.24) is 0 Å². The van der Waals surface area contributed by atoms with Crippen LogP contribution in [0.2, 0.25) is 0 Å². The van der Waals surface area contributed by atoms with E-state index in [4.69, 9.17) is 0 Å². The molecular formula is C17H10NO5S-. The van der Waals surface area contributed by atoms with Crippen LogP contribution < -0.4 is 5.11 Å². The van der Waals surface area contributed by atoms with Crippen LogP contribution in [-0.4, -0.2) is 25.9 Å². The second-order valence-electron chi connectivity index (χ2n) is 5.01. The number of hydrogen-bond donors (Lipinski definition) is 0. The van der Waals surface area contributed by atoms with Crippen LogP contribution in [0.15, 0.2) is 70.0 Å². The average molecular weight is 340 g/mol. The molecule has 0 amide bonds. The molecule has 1 aliphatic rings. The van der Waals surface area contributed by atoms with Gasteiger partial charge in [0.15, 0.2) is 5.78 Å². The zero-order chi connectivity index (χ0) is 17.3. The van der Waals surface area contributed by atoms with Crippen molar-refractivity contribution >= 4 is 27.5 Å². The van der Waals surface area contributed by atoms with Crippen molar-refractivity contribution < 1.29 is 23.1 Å². The minimum absolute atomic E-state index is 0.130. The number of carboxylic acids is 1. The Hall–Kier alpha value is -3.06. The van der Waals surface area contributed by atoms with Crippen LogP contribution in [0.3, 0.4) is 0 Å². The van der Waals surface area contributed by atoms with Gasteiger partial charge in [-0.3, -0.25) is 4.79 Å². The van der Waals surface area contributed by atoms with Crippen molar-refractivity contribution in [1.29, 1.82) is 0 Å². The molecule has 0 radical (unpaired) electrons. The lowest BCUT2D eigenvalue weighted by Gasteiger charge is -2.11. The molecule has 0 saturated carbocycles. The molecule has 2 aromatic carbocycles. The standard InChI is InChI=1S/C17H11NO5S/c19-16-10-9-15(13-3-1-2-4-14(13)16)18-24(22,23)12-7-5-11(6-8-12)17(20)21/h1-10H,(H,20,21)/p-1. The maximum absolute atomic E-state index is 12.4. The third-order valence-electron chi connectivity index (χ3n) is 3.47. The van der Waals surface area contributed by atoms with Crippen LogP contribution in [0.25, 0.3) is 0 Å². The van der Waals surface area contributed by atoms with Gasteiger partial charge in [-0.1, -0.05) is 36.4 Å². The highest BCUT2D eigenvalue weighted by molar-refractivity contribution is 7.90. The van der Waals surface area contributed by atoms with E-state index in [1.54, 1.807) is 24.3 Å². The lowest BCUT2D eigenvalue weighted by atomic mass is 9.95. The number of rotatable bonds is 3. The van der Waals surface area contributed by atoms with Crippen LogP contribution in [0.1, 0.15) is 26.3 Å². The van der Waals surface area contributed by atoms with Crippen LogP contribution in [-0.2, 0) is 10.0 Å². The second kappa shape index (κ2) is 5.86. The first-order valence-corrected chi connectivity index (χ1v) is 8.31. The van der Waals surface area contributed by atoms with Gasteiger partial charge in [0.2, 0.25) is 0 Å². The average Bonchev–Trinajstić information content (AvgIpc) is 2.58. The van der Waals surface area contributed by atoms with Gasteiger partial charge in [-0.25, -0.2) is 0 Å². The summed E-state index contributed by atoms with van der Waals surface area (Å²) in [6, 6.07) is 11.1. The van der Waals surface area contributed by atoms with E-state index >= 15 is 0 Å². The fraction of sp³-hybridized carbons (Fsp3) is 0. The molecule has 0 fully saturated rings. The number of allylic oxidation sites excluding steroid dienone is 2. The lowest BCUT2D eigenvalue weighted by Crippen LogP contribution is -2.22. The number of ketones is 1. The Morgan fingerprint density at radius 3 is 2.17 bits per heavy atom. The summed E-state index contributed by atoms with van der Waals surface area (Å²) in [5.74, 6) is -1.62. The zero-order valence-electron chi connectivity index (χ0n) is 12.2. The number of carboxylic acid groups (broad SMARTS) is 1. The number of nitrogens with zero attached hydrogens (tertiary/aromatic N) is 1. The van der Waals surface area contributed by atoms with Crippen LogP contribution >= 0.6 is 0 Å². The molecular weight excluding hydrogens is 330 g/mol. The molecule has 7 heteroatoms. The van der Waals surface area contributed by atoms with Crippen molar-refractivity contribution in [2.75, 3.05) is 0 Å². The first kappa shape index (κ1) is 15.8. The van der Waals surface area contributed by atoms with Gasteiger partial charge >= 0.3 is 0 Å². The number of aromatic carboxylic acids is 1. The van der Waals surface area contributed by atoms with Gasteiger partial charge in [-0.2, -0.15) is 12.8 Å². The first-order valence-electron chi connectivity index (χ1n) is 6.87. The minimum atomic E-state index is -4.05. The number of carbonyl (C=O) groups excluding carboxylic acids is 2. The number of fused-ring (bicyclic) bond motifs is 1. The van der Waals surface area contributed by atoms with E-state index in [-0.39, 0.29) is 22.0 Å². The van der Waals surface area contributed by atoms with Gasteiger partial charge in [0.05, 0.1) is 16.6 Å². The van der Waals surface area contributed by atoms with E-state index < -0.39 is 16.0 Å². The molecule has 0 heterocycles. The third kappa shape index (κ3) is 2.89. The topological polar surface area (TPSA) is 104 Å². The summed E-state index contributed by atoms with van der Waals surface area (Å²) < 4.78 is 28.6. The van der Waals surface area contributed by atoms with Crippen molar-refractivity contribution in [3.05, 3.63) is 77.4 Å². The van der Waals surface area contributed by atoms with E-state index in [0.717, 1.165) is 24.3 Å². The fourth-order valence-electron chi connectivity index (χ4n) is 2.28. The Morgan fingerprint density at radius 2 is 1.54 bits per heavy atom. The largest absolute Gasteiger partial charge is 0.545 e. The highest BCUT2D eigenvalue weighted by Crippen LogP contribution is 2.20. The Morgan fingerprint density at radius 1 is 0.917 bits per heavy atom. The van der Waals surface area contributed by atoms with Crippen molar-refractivity contribution in [3.8, 4) is 0 Å². The molecule has 0 aliphatic heterocycles. The summed E-state index contributed by atoms with van der Waals surface area (Å²) in [5.41, 5.74) is 0.825. The maximum Gasteiger partial charge on any atom is 0.282 e. The van der Waals surface area contributed by atoms with Gasteiger partial charge < -0.3 is 9.90 Å². The van der Waals surface area contributed by atoms with Crippen molar-refractivity contribution in [2.24, 2.45) is 4.40 Å². The maximum atomic E-state index is 12.4. The van der Waals surface area contributed by atoms with Crippen molar-refractivity contribution in [2.45, 2.75) is 4.90 Å². The fourth-order valence-corrected chi connectivity index (χ4v) is 3.28. The summed E-state index contributed by atoms with van der Waals surface area (Å²) in [6.45, 7) is 0. The van der Waals surface area contributed by atoms with E-state index in [0.29, 0.717) is 11.1 Å². The SMILES string of the molecule is O=C([O-])c1ccc(S(=O)(=O)N=C2C=CC(=O)c3ccccc32)cc1. The summed E-state index contributed by atoms with van der Waals surface area (Å²) in [7, 11) is -4.05. The molecule has 0 bridgehead atoms. The van der Waals surface area contributed by atoms with Crippen LogP contribution in [0, 0.1) is 0 Å². The third-order valence-corrected chi connectivity index (χ3v) is 4.77. The number of sulfonamides is 1. The smallest absolute Gasteiger partial charge is 0.282 e. The molecule has 2 aromatic rings. The van der Waals surface area contributed by atoms with Crippen LogP contribution in [0.4, 0.5) is 0 Å². The lowest BCUT2D eigenvalue weighted by molar-refractivity contribution is -0.255. The highest BCUT2D eigenvalue weighted by Gasteiger charge is 2.20. The van der Waals surface area contributed by atoms with E-state index in [2.05, 4.69) is 4.40 Å². The molecule has 0 unspecified atom stereocenters. The minimum Gasteiger partial charge on any atom is -0.545 e. The molecule has 24 heavy (non-hydrogen) atoms. The molecule has 0 N–H and O–H groups in total. The van der Waals surface area contributed by atoms with E-state index in [1.165, 1.54) is 12.2 Å². The summed E-state index contributed by atoms with van der Waals surface area (Å²) >= 11 is 0. The van der Waals surface area contributed by atoms with Gasteiger partial charge in [-0.15, -0.1) is 0 Å². The Kier molecular flexibility index (Phi) is 3.86. The van der Waals surface area contributed by atoms with E-state index in [1.807, 2.05) is 0 Å². The molecule has 6 nitrogen and oxygen atoms in total. The number of hydrogen-bond acceptors (Lipinski definition) is 5. The van der Waals surface area contributed by atoms with Crippen molar-refractivity contribution in [3.63, 3.8) is 0 Å². The molecule has 0 atom stereocenters. The number of benzene rings is 2. The molecule has 3 rings (SSSR count). The van der Waals surface area contributed by atoms with Gasteiger partial charge in [-0.05, 0) is 29.8 Å². The molecule has 0 spiro atoms.